The Hall–Kier alpha value is -2.55. The first kappa shape index (κ1) is 16.3. The van der Waals surface area contributed by atoms with Crippen LogP contribution in [0.5, 0.6) is 0 Å². The summed E-state index contributed by atoms with van der Waals surface area (Å²) < 4.78 is 28.3. The minimum atomic E-state index is -1.73. The molecule has 3 rings (SSSR count). The van der Waals surface area contributed by atoms with E-state index in [1.165, 1.54) is 22.9 Å². The maximum Gasteiger partial charge on any atom is 0.322 e. The van der Waals surface area contributed by atoms with Gasteiger partial charge >= 0.3 is 6.03 Å². The number of nitrogens with zero attached hydrogens (tertiary/aromatic N) is 1. The molecule has 0 radical (unpaired) electrons. The predicted octanol–water partition coefficient (Wildman–Crippen LogP) is 1.62. The first-order chi connectivity index (χ1) is 11.3. The number of amides is 3. The van der Waals surface area contributed by atoms with Crippen LogP contribution in [0.4, 0.5) is 13.6 Å². The second kappa shape index (κ2) is 5.82. The molecule has 0 aliphatic carbocycles. The number of imide groups is 1. The average molecular weight is 398 g/mol. The molecule has 6 nitrogen and oxygen atoms in total. The van der Waals surface area contributed by atoms with Crippen molar-refractivity contribution in [3.63, 3.8) is 0 Å². The first-order valence-electron chi connectivity index (χ1n) is 6.77. The van der Waals surface area contributed by atoms with Gasteiger partial charge in [0.2, 0.25) is 0 Å². The summed E-state index contributed by atoms with van der Waals surface area (Å²) in [6.07, 6.45) is 1.42. The Kier molecular flexibility index (Phi) is 3.96. The maximum atomic E-state index is 13.6. The molecule has 2 aromatic rings. The van der Waals surface area contributed by atoms with Gasteiger partial charge in [0.05, 0.1) is 11.0 Å². The van der Waals surface area contributed by atoms with Gasteiger partial charge < -0.3 is 9.88 Å². The molecule has 1 saturated heterocycles. The quantitative estimate of drug-likeness (QED) is 0.772. The van der Waals surface area contributed by atoms with Gasteiger partial charge in [0.1, 0.15) is 0 Å². The van der Waals surface area contributed by atoms with E-state index in [4.69, 9.17) is 0 Å². The standard InChI is InChI=1S/C15H10BrF2N3O3/c16-9-2-1-5-21(12(9)22)7-15(13(23)19-14(24)20-15)8-3-4-10(17)11(18)6-8/h1-6H,7H2,(H2,19,20,23,24). The zero-order valence-electron chi connectivity index (χ0n) is 12.0. The molecular weight excluding hydrogens is 388 g/mol. The molecule has 1 unspecified atom stereocenters. The molecule has 1 atom stereocenters. The van der Waals surface area contributed by atoms with E-state index in [0.717, 1.165) is 12.1 Å². The van der Waals surface area contributed by atoms with Gasteiger partial charge in [0, 0.05) is 6.20 Å². The highest BCUT2D eigenvalue weighted by Gasteiger charge is 2.48. The van der Waals surface area contributed by atoms with Gasteiger partial charge in [-0.2, -0.15) is 0 Å². The molecular formula is C15H10BrF2N3O3. The molecule has 0 bridgehead atoms. The number of hydrogen-bond acceptors (Lipinski definition) is 3. The number of nitrogens with one attached hydrogen (secondary N) is 2. The van der Waals surface area contributed by atoms with E-state index < -0.39 is 34.7 Å². The van der Waals surface area contributed by atoms with Crippen molar-refractivity contribution in [2.45, 2.75) is 12.1 Å². The Morgan fingerprint density at radius 2 is 1.88 bits per heavy atom. The van der Waals surface area contributed by atoms with Crippen LogP contribution < -0.4 is 16.2 Å². The van der Waals surface area contributed by atoms with Crippen molar-refractivity contribution in [2.24, 2.45) is 0 Å². The van der Waals surface area contributed by atoms with E-state index in [9.17, 15) is 23.2 Å². The number of aromatic nitrogens is 1. The summed E-state index contributed by atoms with van der Waals surface area (Å²) in [4.78, 5) is 36.2. The number of rotatable bonds is 3. The van der Waals surface area contributed by atoms with Gasteiger partial charge in [-0.15, -0.1) is 0 Å². The molecule has 1 aliphatic heterocycles. The van der Waals surface area contributed by atoms with Crippen LogP contribution in [0.15, 0.2) is 45.8 Å². The molecule has 9 heteroatoms. The maximum absolute atomic E-state index is 13.6. The minimum Gasteiger partial charge on any atom is -0.318 e. The lowest BCUT2D eigenvalue weighted by Crippen LogP contribution is -2.49. The third kappa shape index (κ3) is 2.60. The van der Waals surface area contributed by atoms with E-state index in [2.05, 4.69) is 26.6 Å². The highest BCUT2D eigenvalue weighted by molar-refractivity contribution is 9.10. The summed E-state index contributed by atoms with van der Waals surface area (Å²) in [5.74, 6) is -3.01. The number of benzene rings is 1. The van der Waals surface area contributed by atoms with Crippen molar-refractivity contribution in [2.75, 3.05) is 0 Å². The molecule has 2 heterocycles. The van der Waals surface area contributed by atoms with Crippen LogP contribution in [-0.4, -0.2) is 16.5 Å². The van der Waals surface area contributed by atoms with Crippen molar-refractivity contribution in [3.8, 4) is 0 Å². The zero-order valence-corrected chi connectivity index (χ0v) is 13.6. The van der Waals surface area contributed by atoms with Crippen LogP contribution >= 0.6 is 15.9 Å². The van der Waals surface area contributed by atoms with Crippen LogP contribution in [0.3, 0.4) is 0 Å². The molecule has 2 N–H and O–H groups in total. The Bertz CT molecular complexity index is 915. The predicted molar refractivity (Wildman–Crippen MR) is 83.1 cm³/mol. The van der Waals surface area contributed by atoms with E-state index in [1.54, 1.807) is 6.07 Å². The van der Waals surface area contributed by atoms with Crippen LogP contribution in [0.1, 0.15) is 5.56 Å². The Morgan fingerprint density at radius 1 is 1.12 bits per heavy atom. The van der Waals surface area contributed by atoms with Gasteiger partial charge in [-0.05, 0) is 45.8 Å². The fraction of sp³-hybridized carbons (Fsp3) is 0.133. The third-order valence-corrected chi connectivity index (χ3v) is 4.34. The average Bonchev–Trinajstić information content (AvgIpc) is 2.81. The lowest BCUT2D eigenvalue weighted by Gasteiger charge is -2.27. The third-order valence-electron chi connectivity index (χ3n) is 3.74. The molecule has 1 fully saturated rings. The fourth-order valence-corrected chi connectivity index (χ4v) is 2.93. The normalized spacial score (nSPS) is 20.0. The van der Waals surface area contributed by atoms with Crippen LogP contribution in [0.25, 0.3) is 0 Å². The summed E-state index contributed by atoms with van der Waals surface area (Å²) in [6, 6.07) is 5.17. The van der Waals surface area contributed by atoms with Crippen molar-refractivity contribution >= 4 is 27.9 Å². The zero-order chi connectivity index (χ0) is 17.5. The van der Waals surface area contributed by atoms with Crippen LogP contribution in [0, 0.1) is 11.6 Å². The molecule has 24 heavy (non-hydrogen) atoms. The van der Waals surface area contributed by atoms with E-state index >= 15 is 0 Å². The molecule has 1 aliphatic rings. The molecule has 3 amide bonds. The van der Waals surface area contributed by atoms with E-state index in [0.29, 0.717) is 0 Å². The van der Waals surface area contributed by atoms with Crippen molar-refractivity contribution in [3.05, 3.63) is 68.6 Å². The Labute approximate surface area is 142 Å². The van der Waals surface area contributed by atoms with Gasteiger partial charge in [0.15, 0.2) is 17.2 Å². The number of urea groups is 1. The summed E-state index contributed by atoms with van der Waals surface area (Å²) in [6.45, 7) is -0.284. The van der Waals surface area contributed by atoms with Crippen molar-refractivity contribution < 1.29 is 18.4 Å². The largest absolute Gasteiger partial charge is 0.322 e. The number of carbonyl (C=O) groups excluding carboxylic acids is 2. The van der Waals surface area contributed by atoms with Gasteiger partial charge in [0.25, 0.3) is 11.5 Å². The van der Waals surface area contributed by atoms with Gasteiger partial charge in [-0.3, -0.25) is 14.9 Å². The highest BCUT2D eigenvalue weighted by Crippen LogP contribution is 2.28. The van der Waals surface area contributed by atoms with Gasteiger partial charge in [-0.25, -0.2) is 13.6 Å². The second-order valence-corrected chi connectivity index (χ2v) is 6.09. The highest BCUT2D eigenvalue weighted by atomic mass is 79.9. The molecule has 0 saturated carbocycles. The summed E-state index contributed by atoms with van der Waals surface area (Å²) in [5.41, 5.74) is -2.14. The molecule has 124 valence electrons. The monoisotopic (exact) mass is 397 g/mol. The van der Waals surface area contributed by atoms with Crippen molar-refractivity contribution in [1.29, 1.82) is 0 Å². The van der Waals surface area contributed by atoms with Gasteiger partial charge in [-0.1, -0.05) is 6.07 Å². The Morgan fingerprint density at radius 3 is 2.50 bits per heavy atom. The van der Waals surface area contributed by atoms with Crippen LogP contribution in [-0.2, 0) is 16.9 Å². The summed E-state index contributed by atoms with van der Waals surface area (Å²) in [5, 5.41) is 4.47. The molecule has 0 spiro atoms. The lowest BCUT2D eigenvalue weighted by molar-refractivity contribution is -0.124. The first-order valence-corrected chi connectivity index (χ1v) is 7.57. The smallest absolute Gasteiger partial charge is 0.318 e. The topological polar surface area (TPSA) is 80.2 Å². The lowest BCUT2D eigenvalue weighted by atomic mass is 9.89. The summed E-state index contributed by atoms with van der Waals surface area (Å²) in [7, 11) is 0. The number of hydrogen-bond donors (Lipinski definition) is 2. The summed E-state index contributed by atoms with van der Waals surface area (Å²) >= 11 is 3.09. The molecule has 1 aromatic heterocycles. The Balaban J connectivity index is 2.15. The second-order valence-electron chi connectivity index (χ2n) is 5.23. The van der Waals surface area contributed by atoms with Crippen LogP contribution in [0.2, 0.25) is 0 Å². The van der Waals surface area contributed by atoms with E-state index in [1.807, 2.05) is 0 Å². The number of halogens is 3. The minimum absolute atomic E-state index is 0.0247. The fourth-order valence-electron chi connectivity index (χ4n) is 2.55. The number of pyridine rings is 1. The van der Waals surface area contributed by atoms with E-state index in [-0.39, 0.29) is 16.6 Å². The van der Waals surface area contributed by atoms with Crippen molar-refractivity contribution in [1.82, 2.24) is 15.2 Å². The number of carbonyl (C=O) groups is 2. The molecule has 1 aromatic carbocycles. The SMILES string of the molecule is O=C1NC(=O)C(Cn2cccc(Br)c2=O)(c2ccc(F)c(F)c2)N1.